The van der Waals surface area contributed by atoms with Gasteiger partial charge in [0.2, 0.25) is 5.89 Å². The van der Waals surface area contributed by atoms with Crippen LogP contribution in [0.4, 0.5) is 0 Å². The Labute approximate surface area is 84.3 Å². The van der Waals surface area contributed by atoms with Gasteiger partial charge < -0.3 is 10.2 Å². The Balaban J connectivity index is 2.39. The van der Waals surface area contributed by atoms with Crippen molar-refractivity contribution < 1.29 is 4.42 Å². The van der Waals surface area contributed by atoms with E-state index in [1.807, 2.05) is 6.92 Å². The molecule has 0 aliphatic rings. The van der Waals surface area contributed by atoms with E-state index in [1.165, 1.54) is 11.5 Å². The van der Waals surface area contributed by atoms with Gasteiger partial charge >= 0.3 is 0 Å². The molecule has 74 valence electrons. The second-order valence-corrected chi connectivity index (χ2v) is 3.68. The van der Waals surface area contributed by atoms with Crippen LogP contribution in [0.1, 0.15) is 24.6 Å². The van der Waals surface area contributed by atoms with Gasteiger partial charge in [-0.25, -0.2) is 0 Å². The normalized spacial score (nSPS) is 13.1. The van der Waals surface area contributed by atoms with E-state index in [9.17, 15) is 0 Å². The first-order valence-electron chi connectivity index (χ1n) is 4.07. The van der Waals surface area contributed by atoms with Crippen molar-refractivity contribution in [1.29, 1.82) is 0 Å². The van der Waals surface area contributed by atoms with E-state index in [0.29, 0.717) is 11.8 Å². The first-order valence-corrected chi connectivity index (χ1v) is 4.84. The van der Waals surface area contributed by atoms with Crippen molar-refractivity contribution in [2.45, 2.75) is 19.9 Å². The SMILES string of the molecule is Cc1nnsc1-c1nnc(C(C)N)o1. The van der Waals surface area contributed by atoms with Gasteiger partial charge in [0.05, 0.1) is 11.7 Å². The monoisotopic (exact) mass is 211 g/mol. The summed E-state index contributed by atoms with van der Waals surface area (Å²) in [6.07, 6.45) is 0. The van der Waals surface area contributed by atoms with Gasteiger partial charge in [0.1, 0.15) is 4.88 Å². The van der Waals surface area contributed by atoms with Crippen molar-refractivity contribution >= 4 is 11.5 Å². The third-order valence-electron chi connectivity index (χ3n) is 1.68. The first kappa shape index (κ1) is 9.22. The van der Waals surface area contributed by atoms with Crippen LogP contribution in [-0.4, -0.2) is 19.8 Å². The minimum Gasteiger partial charge on any atom is -0.418 e. The van der Waals surface area contributed by atoms with Crippen molar-refractivity contribution in [2.75, 3.05) is 0 Å². The Kier molecular flexibility index (Phi) is 2.26. The Morgan fingerprint density at radius 1 is 1.36 bits per heavy atom. The Morgan fingerprint density at radius 3 is 2.64 bits per heavy atom. The highest BCUT2D eigenvalue weighted by Crippen LogP contribution is 2.24. The van der Waals surface area contributed by atoms with E-state index in [-0.39, 0.29) is 6.04 Å². The van der Waals surface area contributed by atoms with Gasteiger partial charge in [-0.05, 0) is 25.4 Å². The molecule has 0 spiro atoms. The van der Waals surface area contributed by atoms with E-state index in [0.717, 1.165) is 10.6 Å². The van der Waals surface area contributed by atoms with Crippen molar-refractivity contribution in [2.24, 2.45) is 5.73 Å². The van der Waals surface area contributed by atoms with Crippen LogP contribution >= 0.6 is 11.5 Å². The maximum atomic E-state index is 5.59. The van der Waals surface area contributed by atoms with Crippen molar-refractivity contribution in [3.8, 4) is 10.8 Å². The average Bonchev–Trinajstić information content (AvgIpc) is 2.71. The fraction of sp³-hybridized carbons (Fsp3) is 0.429. The van der Waals surface area contributed by atoms with Gasteiger partial charge in [-0.2, -0.15) is 0 Å². The molecule has 2 aromatic rings. The lowest BCUT2D eigenvalue weighted by atomic mass is 10.4. The van der Waals surface area contributed by atoms with Gasteiger partial charge in [-0.1, -0.05) is 4.49 Å². The minimum atomic E-state index is -0.252. The summed E-state index contributed by atoms with van der Waals surface area (Å²) in [6, 6.07) is -0.252. The molecule has 2 rings (SSSR count). The molecule has 14 heavy (non-hydrogen) atoms. The van der Waals surface area contributed by atoms with Gasteiger partial charge in [0.15, 0.2) is 0 Å². The predicted octanol–water partition coefficient (Wildman–Crippen LogP) is 0.916. The van der Waals surface area contributed by atoms with E-state index in [4.69, 9.17) is 10.2 Å². The second-order valence-electron chi connectivity index (χ2n) is 2.92. The van der Waals surface area contributed by atoms with Gasteiger partial charge in [-0.15, -0.1) is 15.3 Å². The molecule has 1 atom stereocenters. The summed E-state index contributed by atoms with van der Waals surface area (Å²) in [5, 5.41) is 11.6. The fourth-order valence-electron chi connectivity index (χ4n) is 0.938. The van der Waals surface area contributed by atoms with Crippen molar-refractivity contribution in [3.05, 3.63) is 11.6 Å². The lowest BCUT2D eigenvalue weighted by Crippen LogP contribution is -2.04. The number of nitrogens with two attached hydrogens (primary N) is 1. The van der Waals surface area contributed by atoms with E-state index >= 15 is 0 Å². The summed E-state index contributed by atoms with van der Waals surface area (Å²) in [4.78, 5) is 0.796. The van der Waals surface area contributed by atoms with E-state index in [2.05, 4.69) is 19.8 Å². The molecule has 0 amide bonds. The van der Waals surface area contributed by atoms with Crippen LogP contribution in [0.2, 0.25) is 0 Å². The molecular formula is C7H9N5OS. The zero-order valence-corrected chi connectivity index (χ0v) is 8.58. The first-order chi connectivity index (χ1) is 6.68. The van der Waals surface area contributed by atoms with Crippen LogP contribution < -0.4 is 5.73 Å². The Bertz CT molecular complexity index is 435. The Morgan fingerprint density at radius 2 is 2.14 bits per heavy atom. The fourth-order valence-corrected chi connectivity index (χ4v) is 1.52. The topological polar surface area (TPSA) is 90.7 Å². The van der Waals surface area contributed by atoms with E-state index < -0.39 is 0 Å². The summed E-state index contributed by atoms with van der Waals surface area (Å²) < 4.78 is 9.14. The van der Waals surface area contributed by atoms with Gasteiger partial charge in [0, 0.05) is 0 Å². The number of aromatic nitrogens is 4. The number of hydrogen-bond acceptors (Lipinski definition) is 7. The molecule has 0 aromatic carbocycles. The third-order valence-corrected chi connectivity index (χ3v) is 2.49. The Hall–Kier alpha value is -1.34. The summed E-state index contributed by atoms with van der Waals surface area (Å²) >= 11 is 1.23. The second kappa shape index (κ2) is 3.43. The highest BCUT2D eigenvalue weighted by molar-refractivity contribution is 7.09. The molecule has 0 saturated carbocycles. The molecule has 1 unspecified atom stereocenters. The molecule has 6 nitrogen and oxygen atoms in total. The predicted molar refractivity (Wildman–Crippen MR) is 50.5 cm³/mol. The van der Waals surface area contributed by atoms with Crippen molar-refractivity contribution in [1.82, 2.24) is 19.8 Å². The standard InChI is InChI=1S/C7H9N5OS/c1-3(8)6-10-11-7(13-6)5-4(2)9-12-14-5/h3H,8H2,1-2H3. The van der Waals surface area contributed by atoms with Crippen LogP contribution in [-0.2, 0) is 0 Å². The number of nitrogens with zero attached hydrogens (tertiary/aromatic N) is 4. The number of hydrogen-bond donors (Lipinski definition) is 1. The maximum Gasteiger partial charge on any atom is 0.261 e. The highest BCUT2D eigenvalue weighted by Gasteiger charge is 2.15. The van der Waals surface area contributed by atoms with Crippen LogP contribution in [0.25, 0.3) is 10.8 Å². The van der Waals surface area contributed by atoms with Crippen molar-refractivity contribution in [3.63, 3.8) is 0 Å². The van der Waals surface area contributed by atoms with Gasteiger partial charge in [0.25, 0.3) is 5.89 Å². The summed E-state index contributed by atoms with van der Waals surface area (Å²) in [6.45, 7) is 3.63. The minimum absolute atomic E-state index is 0.252. The maximum absolute atomic E-state index is 5.59. The van der Waals surface area contributed by atoms with Crippen LogP contribution in [0, 0.1) is 6.92 Å². The quantitative estimate of drug-likeness (QED) is 0.794. The van der Waals surface area contributed by atoms with Crippen LogP contribution in [0.15, 0.2) is 4.42 Å². The molecule has 0 aliphatic carbocycles. The summed E-state index contributed by atoms with van der Waals surface area (Å²) in [5.74, 6) is 0.859. The summed E-state index contributed by atoms with van der Waals surface area (Å²) in [7, 11) is 0. The van der Waals surface area contributed by atoms with Gasteiger partial charge in [-0.3, -0.25) is 0 Å². The molecular weight excluding hydrogens is 202 g/mol. The number of rotatable bonds is 2. The largest absolute Gasteiger partial charge is 0.418 e. The highest BCUT2D eigenvalue weighted by atomic mass is 32.1. The molecule has 2 heterocycles. The average molecular weight is 211 g/mol. The lowest BCUT2D eigenvalue weighted by molar-refractivity contribution is 0.474. The zero-order valence-electron chi connectivity index (χ0n) is 7.76. The molecule has 0 bridgehead atoms. The molecule has 0 fully saturated rings. The molecule has 2 N–H and O–H groups in total. The zero-order chi connectivity index (χ0) is 10.1. The molecule has 7 heteroatoms. The third kappa shape index (κ3) is 1.51. The van der Waals surface area contributed by atoms with Crippen LogP contribution in [0.5, 0.6) is 0 Å². The molecule has 0 radical (unpaired) electrons. The van der Waals surface area contributed by atoms with E-state index in [1.54, 1.807) is 6.92 Å². The van der Waals surface area contributed by atoms with Crippen LogP contribution in [0.3, 0.4) is 0 Å². The lowest BCUT2D eigenvalue weighted by Gasteiger charge is -1.94. The summed E-state index contributed by atoms with van der Waals surface area (Å²) in [5.41, 5.74) is 6.38. The number of aryl methyl sites for hydroxylation is 1. The molecule has 0 saturated heterocycles. The smallest absolute Gasteiger partial charge is 0.261 e. The molecule has 2 aromatic heterocycles. The molecule has 0 aliphatic heterocycles.